The van der Waals surface area contributed by atoms with Gasteiger partial charge < -0.3 is 19.7 Å². The molecular formula is C28H23ClN2O4. The number of ether oxygens (including phenoxy) is 1. The van der Waals surface area contributed by atoms with Crippen molar-refractivity contribution in [3.05, 3.63) is 106 Å². The highest BCUT2D eigenvalue weighted by Gasteiger charge is 2.46. The summed E-state index contributed by atoms with van der Waals surface area (Å²) in [6.45, 7) is 0.260. The van der Waals surface area contributed by atoms with Crippen molar-refractivity contribution in [2.75, 3.05) is 13.7 Å². The Balaban J connectivity index is 1.56. The average Bonchev–Trinajstić information content (AvgIpc) is 3.40. The van der Waals surface area contributed by atoms with E-state index in [9.17, 15) is 14.7 Å². The Hall–Kier alpha value is -4.03. The second kappa shape index (κ2) is 9.31. The summed E-state index contributed by atoms with van der Waals surface area (Å²) in [5.74, 6) is -0.868. The molecule has 1 amide bonds. The molecule has 0 saturated carbocycles. The number of hydrogen-bond donors (Lipinski definition) is 2. The number of nitrogens with one attached hydrogen (secondary N) is 1. The van der Waals surface area contributed by atoms with E-state index in [1.54, 1.807) is 55.6 Å². The molecule has 1 aliphatic rings. The number of benzene rings is 3. The molecule has 35 heavy (non-hydrogen) atoms. The van der Waals surface area contributed by atoms with E-state index >= 15 is 0 Å². The summed E-state index contributed by atoms with van der Waals surface area (Å²) in [6.07, 6.45) is 2.39. The summed E-state index contributed by atoms with van der Waals surface area (Å²) in [4.78, 5) is 31.2. The number of Topliss-reactive ketones (excluding diaryl/α,β-unsaturated/α-hetero) is 1. The Bertz CT molecular complexity index is 1460. The first kappa shape index (κ1) is 22.7. The van der Waals surface area contributed by atoms with Crippen molar-refractivity contribution in [1.29, 1.82) is 0 Å². The quantitative estimate of drug-likeness (QED) is 0.214. The van der Waals surface area contributed by atoms with E-state index in [2.05, 4.69) is 4.98 Å². The molecule has 176 valence electrons. The number of carbonyl (C=O) groups excluding carboxylic acids is 2. The van der Waals surface area contributed by atoms with Gasteiger partial charge >= 0.3 is 0 Å². The lowest BCUT2D eigenvalue weighted by Gasteiger charge is -2.26. The number of aromatic nitrogens is 1. The number of hydrogen-bond acceptors (Lipinski definition) is 4. The number of H-pyrrole nitrogens is 1. The van der Waals surface area contributed by atoms with Crippen molar-refractivity contribution in [1.82, 2.24) is 9.88 Å². The highest BCUT2D eigenvalue weighted by Crippen LogP contribution is 2.42. The van der Waals surface area contributed by atoms with Crippen LogP contribution in [0.3, 0.4) is 0 Å². The topological polar surface area (TPSA) is 82.6 Å². The smallest absolute Gasteiger partial charge is 0.295 e. The van der Waals surface area contributed by atoms with Gasteiger partial charge in [0, 0.05) is 34.2 Å². The molecule has 1 saturated heterocycles. The molecule has 4 aromatic rings. The fourth-order valence-electron chi connectivity index (χ4n) is 4.61. The zero-order valence-corrected chi connectivity index (χ0v) is 19.8. The fourth-order valence-corrected chi connectivity index (χ4v) is 4.85. The number of nitrogens with zero attached hydrogens (tertiary/aromatic N) is 1. The molecule has 5 rings (SSSR count). The number of aliphatic hydroxyl groups is 1. The first-order chi connectivity index (χ1) is 17.0. The largest absolute Gasteiger partial charge is 0.507 e. The number of amides is 1. The maximum absolute atomic E-state index is 13.2. The third-order valence-electron chi connectivity index (χ3n) is 6.38. The molecule has 0 bridgehead atoms. The lowest BCUT2D eigenvalue weighted by Crippen LogP contribution is -2.31. The number of fused-ring (bicyclic) bond motifs is 1. The molecule has 1 unspecified atom stereocenters. The lowest BCUT2D eigenvalue weighted by molar-refractivity contribution is -0.139. The molecule has 0 radical (unpaired) electrons. The zero-order chi connectivity index (χ0) is 24.5. The van der Waals surface area contributed by atoms with Gasteiger partial charge in [0.1, 0.15) is 11.5 Å². The molecule has 1 aliphatic heterocycles. The zero-order valence-electron chi connectivity index (χ0n) is 19.0. The summed E-state index contributed by atoms with van der Waals surface area (Å²) >= 11 is 6.52. The summed E-state index contributed by atoms with van der Waals surface area (Å²) < 4.78 is 5.35. The number of aliphatic hydroxyl groups excluding tert-OH is 1. The Labute approximate surface area is 207 Å². The van der Waals surface area contributed by atoms with Crippen LogP contribution in [0, 0.1) is 0 Å². The molecule has 0 aliphatic carbocycles. The van der Waals surface area contributed by atoms with Gasteiger partial charge in [-0.2, -0.15) is 0 Å². The van der Waals surface area contributed by atoms with Gasteiger partial charge in [0.15, 0.2) is 0 Å². The van der Waals surface area contributed by atoms with Crippen molar-refractivity contribution < 1.29 is 19.4 Å². The summed E-state index contributed by atoms with van der Waals surface area (Å²) in [7, 11) is 1.61. The van der Waals surface area contributed by atoms with Crippen molar-refractivity contribution in [3.8, 4) is 5.75 Å². The number of rotatable bonds is 6. The van der Waals surface area contributed by atoms with E-state index in [4.69, 9.17) is 16.3 Å². The highest BCUT2D eigenvalue weighted by atomic mass is 35.5. The Morgan fingerprint density at radius 1 is 1.06 bits per heavy atom. The Morgan fingerprint density at radius 3 is 2.54 bits per heavy atom. The minimum atomic E-state index is -0.802. The van der Waals surface area contributed by atoms with Crippen LogP contribution in [0.4, 0.5) is 0 Å². The predicted molar refractivity (Wildman–Crippen MR) is 135 cm³/mol. The van der Waals surface area contributed by atoms with Crippen LogP contribution in [0.15, 0.2) is 84.6 Å². The van der Waals surface area contributed by atoms with Crippen LogP contribution in [0.25, 0.3) is 16.7 Å². The number of methoxy groups -OCH3 is 1. The standard InChI is InChI=1S/C28H23ClN2O4/c1-35-19-11-12-23-21(15-19)18(16-30-23)13-14-31-25(20-9-5-6-10-22(20)29)24(27(33)28(31)34)26(32)17-7-3-2-4-8-17/h2-12,15-16,25,30,32H,13-14H2,1H3/b26-24-. The molecule has 2 N–H and O–H groups in total. The summed E-state index contributed by atoms with van der Waals surface area (Å²) in [5.41, 5.74) is 3.03. The number of ketones is 1. The molecule has 6 nitrogen and oxygen atoms in total. The minimum absolute atomic E-state index is 0.0369. The molecule has 3 aromatic carbocycles. The van der Waals surface area contributed by atoms with E-state index in [0.717, 1.165) is 22.2 Å². The van der Waals surface area contributed by atoms with E-state index in [0.29, 0.717) is 22.6 Å². The van der Waals surface area contributed by atoms with Crippen LogP contribution in [-0.2, 0) is 16.0 Å². The monoisotopic (exact) mass is 486 g/mol. The van der Waals surface area contributed by atoms with E-state index < -0.39 is 17.7 Å². The summed E-state index contributed by atoms with van der Waals surface area (Å²) in [5, 5.41) is 12.5. The van der Waals surface area contributed by atoms with Gasteiger partial charge in [0.25, 0.3) is 11.7 Å². The van der Waals surface area contributed by atoms with E-state index in [1.807, 2.05) is 30.5 Å². The van der Waals surface area contributed by atoms with Crippen molar-refractivity contribution in [2.24, 2.45) is 0 Å². The van der Waals surface area contributed by atoms with Gasteiger partial charge in [0.05, 0.1) is 18.7 Å². The van der Waals surface area contributed by atoms with Gasteiger partial charge in [-0.15, -0.1) is 0 Å². The van der Waals surface area contributed by atoms with Crippen LogP contribution in [0.5, 0.6) is 5.75 Å². The number of carbonyl (C=O) groups is 2. The normalized spacial score (nSPS) is 17.3. The molecular weight excluding hydrogens is 464 g/mol. The molecule has 0 spiro atoms. The Kier molecular flexibility index (Phi) is 6.05. The SMILES string of the molecule is COc1ccc2[nH]cc(CCN3C(=O)C(=O)/C(=C(\O)c4ccccc4)C3c3ccccc3Cl)c2c1. The molecule has 7 heteroatoms. The van der Waals surface area contributed by atoms with Crippen LogP contribution in [-0.4, -0.2) is 40.3 Å². The molecule has 1 fully saturated rings. The van der Waals surface area contributed by atoms with Crippen molar-refractivity contribution in [3.63, 3.8) is 0 Å². The predicted octanol–water partition coefficient (Wildman–Crippen LogP) is 5.49. The molecule has 1 aromatic heterocycles. The highest BCUT2D eigenvalue weighted by molar-refractivity contribution is 6.47. The summed E-state index contributed by atoms with van der Waals surface area (Å²) in [6, 6.07) is 20.8. The lowest BCUT2D eigenvalue weighted by atomic mass is 9.95. The van der Waals surface area contributed by atoms with Gasteiger partial charge in [-0.3, -0.25) is 9.59 Å². The number of halogens is 1. The number of likely N-dealkylation sites (tertiary alicyclic amines) is 1. The molecule has 1 atom stereocenters. The van der Waals surface area contributed by atoms with Crippen molar-refractivity contribution >= 4 is 40.0 Å². The number of aromatic amines is 1. The second-order valence-corrected chi connectivity index (χ2v) is 8.76. The minimum Gasteiger partial charge on any atom is -0.507 e. The van der Waals surface area contributed by atoms with E-state index in [1.165, 1.54) is 4.90 Å². The van der Waals surface area contributed by atoms with Gasteiger partial charge in [0.2, 0.25) is 0 Å². The first-order valence-electron chi connectivity index (χ1n) is 11.2. The van der Waals surface area contributed by atoms with Gasteiger partial charge in [-0.1, -0.05) is 60.1 Å². The average molecular weight is 487 g/mol. The van der Waals surface area contributed by atoms with Crippen LogP contribution >= 0.6 is 11.6 Å². The van der Waals surface area contributed by atoms with Gasteiger partial charge in [-0.25, -0.2) is 0 Å². The first-order valence-corrected chi connectivity index (χ1v) is 11.6. The maximum Gasteiger partial charge on any atom is 0.295 e. The molecule has 2 heterocycles. The van der Waals surface area contributed by atoms with Gasteiger partial charge in [-0.05, 0) is 41.8 Å². The van der Waals surface area contributed by atoms with Crippen LogP contribution in [0.2, 0.25) is 5.02 Å². The second-order valence-electron chi connectivity index (χ2n) is 8.36. The third kappa shape index (κ3) is 4.06. The third-order valence-corrected chi connectivity index (χ3v) is 6.73. The van der Waals surface area contributed by atoms with Crippen molar-refractivity contribution in [2.45, 2.75) is 12.5 Å². The van der Waals surface area contributed by atoms with Crippen LogP contribution in [0.1, 0.15) is 22.7 Å². The maximum atomic E-state index is 13.2. The fraction of sp³-hybridized carbons (Fsp3) is 0.143. The van der Waals surface area contributed by atoms with Crippen LogP contribution < -0.4 is 4.74 Å². The van der Waals surface area contributed by atoms with E-state index in [-0.39, 0.29) is 17.9 Å². The Morgan fingerprint density at radius 2 is 1.80 bits per heavy atom.